The Bertz CT molecular complexity index is 497. The first-order chi connectivity index (χ1) is 9.07. The number of thioether (sulfide) groups is 1. The van der Waals surface area contributed by atoms with Crippen LogP contribution in [0.2, 0.25) is 0 Å². The number of carbonyl (C=O) groups excluding carboxylic acids is 1. The van der Waals surface area contributed by atoms with Crippen LogP contribution in [0.25, 0.3) is 0 Å². The number of carbonyl (C=O) groups is 2. The molecular formula is C14H17NO3S. The van der Waals surface area contributed by atoms with Crippen molar-refractivity contribution < 1.29 is 14.7 Å². The van der Waals surface area contributed by atoms with E-state index in [2.05, 4.69) is 5.32 Å². The number of carboxylic acids is 1. The van der Waals surface area contributed by atoms with E-state index in [4.69, 9.17) is 0 Å². The zero-order valence-electron chi connectivity index (χ0n) is 10.8. The van der Waals surface area contributed by atoms with Gasteiger partial charge in [0.25, 0.3) is 0 Å². The number of aliphatic carboxylic acids is 1. The van der Waals surface area contributed by atoms with E-state index >= 15 is 0 Å². The molecule has 0 radical (unpaired) electrons. The second-order valence-corrected chi connectivity index (χ2v) is 5.71. The largest absolute Gasteiger partial charge is 0.481 e. The van der Waals surface area contributed by atoms with Gasteiger partial charge in [-0.05, 0) is 31.2 Å². The molecular weight excluding hydrogens is 262 g/mol. The van der Waals surface area contributed by atoms with Gasteiger partial charge in [0.15, 0.2) is 0 Å². The topological polar surface area (TPSA) is 66.4 Å². The lowest BCUT2D eigenvalue weighted by Gasteiger charge is -2.36. The molecule has 1 aromatic carbocycles. The third kappa shape index (κ3) is 2.92. The van der Waals surface area contributed by atoms with Gasteiger partial charge < -0.3 is 10.4 Å². The van der Waals surface area contributed by atoms with Gasteiger partial charge in [-0.3, -0.25) is 9.59 Å². The maximum Gasteiger partial charge on any atom is 0.310 e. The maximum absolute atomic E-state index is 12.0. The van der Waals surface area contributed by atoms with Crippen LogP contribution in [0.1, 0.15) is 25.7 Å². The summed E-state index contributed by atoms with van der Waals surface area (Å²) in [5.74, 6) is -1.07. The number of hydrogen-bond donors (Lipinski definition) is 2. The van der Waals surface area contributed by atoms with E-state index in [0.717, 1.165) is 17.0 Å². The van der Waals surface area contributed by atoms with Crippen molar-refractivity contribution >= 4 is 29.3 Å². The molecule has 0 heterocycles. The lowest BCUT2D eigenvalue weighted by atomic mass is 9.66. The third-order valence-electron chi connectivity index (χ3n) is 3.64. The van der Waals surface area contributed by atoms with Gasteiger partial charge in [-0.15, -0.1) is 11.8 Å². The fraction of sp³-hybridized carbons (Fsp3) is 0.429. The number of rotatable bonds is 5. The molecule has 2 rings (SSSR count). The van der Waals surface area contributed by atoms with Crippen molar-refractivity contribution in [1.82, 2.24) is 0 Å². The van der Waals surface area contributed by atoms with Crippen molar-refractivity contribution in [2.75, 3.05) is 11.6 Å². The van der Waals surface area contributed by atoms with Gasteiger partial charge in [-0.1, -0.05) is 18.6 Å². The first-order valence-corrected chi connectivity index (χ1v) is 7.46. The number of benzene rings is 1. The van der Waals surface area contributed by atoms with Gasteiger partial charge in [0.05, 0.1) is 11.1 Å². The summed E-state index contributed by atoms with van der Waals surface area (Å²) in [6.45, 7) is 0. The van der Waals surface area contributed by atoms with Crippen molar-refractivity contribution in [1.29, 1.82) is 0 Å². The van der Waals surface area contributed by atoms with Crippen LogP contribution in [-0.2, 0) is 9.59 Å². The van der Waals surface area contributed by atoms with Crippen molar-refractivity contribution in [3.05, 3.63) is 24.3 Å². The minimum Gasteiger partial charge on any atom is -0.481 e. The minimum absolute atomic E-state index is 0.0606. The molecule has 4 nitrogen and oxygen atoms in total. The molecule has 1 aliphatic rings. The monoisotopic (exact) mass is 279 g/mol. The van der Waals surface area contributed by atoms with Crippen molar-refractivity contribution in [3.8, 4) is 0 Å². The van der Waals surface area contributed by atoms with Crippen LogP contribution in [0.5, 0.6) is 0 Å². The van der Waals surface area contributed by atoms with Gasteiger partial charge >= 0.3 is 5.97 Å². The Morgan fingerprint density at radius 3 is 2.58 bits per heavy atom. The zero-order valence-corrected chi connectivity index (χ0v) is 11.6. The molecule has 102 valence electrons. The number of hydrogen-bond acceptors (Lipinski definition) is 3. The predicted molar refractivity (Wildman–Crippen MR) is 75.4 cm³/mol. The molecule has 2 N–H and O–H groups in total. The molecule has 0 aromatic heterocycles. The van der Waals surface area contributed by atoms with Crippen LogP contribution in [0.15, 0.2) is 29.2 Å². The summed E-state index contributed by atoms with van der Waals surface area (Å²) >= 11 is 1.55. The Morgan fingerprint density at radius 1 is 1.37 bits per heavy atom. The van der Waals surface area contributed by atoms with Crippen LogP contribution < -0.4 is 5.32 Å². The van der Waals surface area contributed by atoms with Gasteiger partial charge in [-0.2, -0.15) is 0 Å². The third-order valence-corrected chi connectivity index (χ3v) is 4.44. The molecule has 19 heavy (non-hydrogen) atoms. The highest BCUT2D eigenvalue weighted by Gasteiger charge is 2.45. The lowest BCUT2D eigenvalue weighted by Crippen LogP contribution is -2.41. The summed E-state index contributed by atoms with van der Waals surface area (Å²) in [5.41, 5.74) is -0.0851. The Kier molecular flexibility index (Phi) is 4.14. The normalized spacial score (nSPS) is 16.5. The molecule has 1 amide bonds. The maximum atomic E-state index is 12.0. The Labute approximate surface area is 116 Å². The average Bonchev–Trinajstić information content (AvgIpc) is 2.34. The van der Waals surface area contributed by atoms with Crippen molar-refractivity contribution in [3.63, 3.8) is 0 Å². The number of anilines is 1. The highest BCUT2D eigenvalue weighted by Crippen LogP contribution is 2.44. The first kappa shape index (κ1) is 13.9. The summed E-state index contributed by atoms with van der Waals surface area (Å²) in [5, 5.41) is 12.0. The standard InChI is InChI=1S/C14H17NO3S/c1-19-11-6-3-2-5-10(11)15-12(16)9-14(13(17)18)7-4-8-14/h2-3,5-6H,4,7-9H2,1H3,(H,15,16)(H,17,18). The summed E-state index contributed by atoms with van der Waals surface area (Å²) in [6, 6.07) is 7.52. The van der Waals surface area contributed by atoms with E-state index in [1.165, 1.54) is 0 Å². The van der Waals surface area contributed by atoms with E-state index in [0.29, 0.717) is 12.8 Å². The molecule has 0 bridgehead atoms. The van der Waals surface area contributed by atoms with Gasteiger partial charge in [0.1, 0.15) is 0 Å². The summed E-state index contributed by atoms with van der Waals surface area (Å²) in [4.78, 5) is 24.2. The molecule has 0 unspecified atom stereocenters. The number of amides is 1. The molecule has 0 atom stereocenters. The van der Waals surface area contributed by atoms with Crippen molar-refractivity contribution in [2.45, 2.75) is 30.6 Å². The smallest absolute Gasteiger partial charge is 0.310 e. The van der Waals surface area contributed by atoms with Crippen LogP contribution in [0, 0.1) is 5.41 Å². The molecule has 0 spiro atoms. The SMILES string of the molecule is CSc1ccccc1NC(=O)CC1(C(=O)O)CCC1. The average molecular weight is 279 g/mol. The molecule has 1 aromatic rings. The Hall–Kier alpha value is -1.49. The summed E-state index contributed by atoms with van der Waals surface area (Å²) in [6.07, 6.45) is 4.08. The van der Waals surface area contributed by atoms with E-state index in [1.807, 2.05) is 30.5 Å². The van der Waals surface area contributed by atoms with Crippen LogP contribution in [0.4, 0.5) is 5.69 Å². The summed E-state index contributed by atoms with van der Waals surface area (Å²) in [7, 11) is 0. The molecule has 0 saturated heterocycles. The molecule has 0 aliphatic heterocycles. The van der Waals surface area contributed by atoms with E-state index in [9.17, 15) is 14.7 Å². The van der Waals surface area contributed by atoms with Gasteiger partial charge in [0, 0.05) is 11.3 Å². The molecule has 1 saturated carbocycles. The second-order valence-electron chi connectivity index (χ2n) is 4.86. The number of nitrogens with one attached hydrogen (secondary N) is 1. The Balaban J connectivity index is 2.03. The number of carboxylic acid groups (broad SMARTS) is 1. The summed E-state index contributed by atoms with van der Waals surface area (Å²) < 4.78 is 0. The molecule has 1 fully saturated rings. The van der Waals surface area contributed by atoms with E-state index in [-0.39, 0.29) is 12.3 Å². The first-order valence-electron chi connectivity index (χ1n) is 6.24. The van der Waals surface area contributed by atoms with Gasteiger partial charge in [0.2, 0.25) is 5.91 Å². The van der Waals surface area contributed by atoms with Crippen LogP contribution in [-0.4, -0.2) is 23.2 Å². The molecule has 1 aliphatic carbocycles. The van der Waals surface area contributed by atoms with E-state index < -0.39 is 11.4 Å². The zero-order chi connectivity index (χ0) is 13.9. The van der Waals surface area contributed by atoms with Gasteiger partial charge in [-0.25, -0.2) is 0 Å². The fourth-order valence-corrected chi connectivity index (χ4v) is 2.87. The quantitative estimate of drug-likeness (QED) is 0.813. The fourth-order valence-electron chi connectivity index (χ4n) is 2.32. The highest BCUT2D eigenvalue weighted by molar-refractivity contribution is 7.98. The Morgan fingerprint density at radius 2 is 2.05 bits per heavy atom. The number of para-hydroxylation sites is 1. The van der Waals surface area contributed by atoms with E-state index in [1.54, 1.807) is 11.8 Å². The highest BCUT2D eigenvalue weighted by atomic mass is 32.2. The molecule has 5 heteroatoms. The van der Waals surface area contributed by atoms with Crippen LogP contribution >= 0.6 is 11.8 Å². The predicted octanol–water partition coefficient (Wildman–Crippen LogP) is 2.99. The lowest BCUT2D eigenvalue weighted by molar-refractivity contribution is -0.157. The van der Waals surface area contributed by atoms with Crippen LogP contribution in [0.3, 0.4) is 0 Å². The second kappa shape index (κ2) is 5.65. The minimum atomic E-state index is -0.855. The van der Waals surface area contributed by atoms with Crippen molar-refractivity contribution in [2.24, 2.45) is 5.41 Å².